The highest BCUT2D eigenvalue weighted by molar-refractivity contribution is 5.99. The summed E-state index contributed by atoms with van der Waals surface area (Å²) in [6.07, 6.45) is 0.304. The molecule has 0 unspecified atom stereocenters. The molecule has 0 heterocycles. The first-order valence-corrected chi connectivity index (χ1v) is 13.9. The number of amides is 4. The Labute approximate surface area is 255 Å². The lowest BCUT2D eigenvalue weighted by atomic mass is 9.97. The molecule has 11 nitrogen and oxygen atoms in total. The van der Waals surface area contributed by atoms with Crippen molar-refractivity contribution in [1.29, 1.82) is 0 Å². The monoisotopic (exact) mass is 608 g/mol. The van der Waals surface area contributed by atoms with Gasteiger partial charge in [-0.1, -0.05) is 44.2 Å². The molecule has 12 heteroatoms. The fraction of sp³-hybridized carbons (Fsp3) is 0.312. The maximum atomic E-state index is 13.8. The molecule has 0 saturated heterocycles. The van der Waals surface area contributed by atoms with Crippen LogP contribution in [0.1, 0.15) is 37.3 Å². The van der Waals surface area contributed by atoms with E-state index >= 15 is 0 Å². The van der Waals surface area contributed by atoms with Crippen LogP contribution in [0.4, 0.5) is 20.6 Å². The number of nitrogens with one attached hydrogen (secondary N) is 4. The lowest BCUT2D eigenvalue weighted by Crippen LogP contribution is -2.49. The molecule has 0 saturated carbocycles. The van der Waals surface area contributed by atoms with Crippen LogP contribution in [0.5, 0.6) is 11.5 Å². The van der Waals surface area contributed by atoms with Crippen molar-refractivity contribution < 1.29 is 38.1 Å². The lowest BCUT2D eigenvalue weighted by Gasteiger charge is -2.22. The fourth-order valence-corrected chi connectivity index (χ4v) is 4.43. The number of carbonyl (C=O) groups excluding carboxylic acids is 3. The predicted octanol–water partition coefficient (Wildman–Crippen LogP) is 4.54. The van der Waals surface area contributed by atoms with E-state index in [4.69, 9.17) is 9.47 Å². The molecule has 3 aromatic rings. The Morgan fingerprint density at radius 1 is 0.886 bits per heavy atom. The second-order valence-electron chi connectivity index (χ2n) is 10.4. The summed E-state index contributed by atoms with van der Waals surface area (Å²) in [5.74, 6) is -2.79. The number of methoxy groups -OCH3 is 2. The molecule has 0 aliphatic carbocycles. The van der Waals surface area contributed by atoms with Crippen LogP contribution in [0.15, 0.2) is 66.7 Å². The van der Waals surface area contributed by atoms with Crippen molar-refractivity contribution in [2.45, 2.75) is 38.6 Å². The smallest absolute Gasteiger partial charge is 0.323 e. The second-order valence-corrected chi connectivity index (χ2v) is 10.4. The van der Waals surface area contributed by atoms with Crippen LogP contribution in [-0.2, 0) is 20.8 Å². The van der Waals surface area contributed by atoms with E-state index < -0.39 is 41.6 Å². The number of urea groups is 1. The van der Waals surface area contributed by atoms with Gasteiger partial charge in [0.1, 0.15) is 11.9 Å². The Hall–Kier alpha value is -5.13. The zero-order valence-electron chi connectivity index (χ0n) is 25.0. The first-order valence-electron chi connectivity index (χ1n) is 13.9. The lowest BCUT2D eigenvalue weighted by molar-refractivity contribution is -0.139. The summed E-state index contributed by atoms with van der Waals surface area (Å²) < 4.78 is 24.2. The molecule has 44 heavy (non-hydrogen) atoms. The Morgan fingerprint density at radius 3 is 2.18 bits per heavy atom. The fourth-order valence-electron chi connectivity index (χ4n) is 4.43. The van der Waals surface area contributed by atoms with E-state index in [0.717, 1.165) is 0 Å². The molecule has 0 radical (unpaired) electrons. The highest BCUT2D eigenvalue weighted by atomic mass is 19.1. The molecule has 0 bridgehead atoms. The van der Waals surface area contributed by atoms with Crippen molar-refractivity contribution in [2.75, 3.05) is 31.4 Å². The number of aliphatic carboxylic acids is 1. The normalized spacial score (nSPS) is 12.0. The van der Waals surface area contributed by atoms with Crippen molar-refractivity contribution >= 4 is 35.2 Å². The highest BCUT2D eigenvalue weighted by Gasteiger charge is 2.26. The van der Waals surface area contributed by atoms with Crippen LogP contribution in [0.25, 0.3) is 0 Å². The molecule has 5 N–H and O–H groups in total. The number of anilines is 2. The van der Waals surface area contributed by atoms with Gasteiger partial charge in [0.25, 0.3) is 0 Å². The summed E-state index contributed by atoms with van der Waals surface area (Å²) >= 11 is 0. The van der Waals surface area contributed by atoms with Gasteiger partial charge in [-0.05, 0) is 59.9 Å². The van der Waals surface area contributed by atoms with Gasteiger partial charge in [-0.25, -0.2) is 9.18 Å². The summed E-state index contributed by atoms with van der Waals surface area (Å²) in [6, 6.07) is 15.5. The molecule has 4 amide bonds. The molecule has 0 fully saturated rings. The zero-order valence-corrected chi connectivity index (χ0v) is 25.0. The number of carbonyl (C=O) groups is 4. The number of halogens is 1. The predicted molar refractivity (Wildman–Crippen MR) is 164 cm³/mol. The molecule has 0 spiro atoms. The third-order valence-corrected chi connectivity index (χ3v) is 6.65. The van der Waals surface area contributed by atoms with Gasteiger partial charge in [0.05, 0.1) is 32.2 Å². The quantitative estimate of drug-likeness (QED) is 0.180. The van der Waals surface area contributed by atoms with Gasteiger partial charge < -0.3 is 35.8 Å². The molecule has 0 aromatic heterocycles. The number of carboxylic acid groups (broad SMARTS) is 1. The van der Waals surface area contributed by atoms with Gasteiger partial charge in [-0.2, -0.15) is 0 Å². The molecular weight excluding hydrogens is 571 g/mol. The van der Waals surface area contributed by atoms with Crippen LogP contribution in [0.3, 0.4) is 0 Å². The number of para-hydroxylation sites is 1. The van der Waals surface area contributed by atoms with Crippen molar-refractivity contribution in [3.63, 3.8) is 0 Å². The Bertz CT molecular complexity index is 1460. The molecule has 3 aromatic carbocycles. The van der Waals surface area contributed by atoms with Gasteiger partial charge in [0, 0.05) is 12.2 Å². The maximum Gasteiger partial charge on any atom is 0.323 e. The maximum absolute atomic E-state index is 13.8. The van der Waals surface area contributed by atoms with Crippen LogP contribution < -0.4 is 30.7 Å². The zero-order chi connectivity index (χ0) is 32.2. The van der Waals surface area contributed by atoms with E-state index in [0.29, 0.717) is 34.7 Å². The topological polar surface area (TPSA) is 155 Å². The molecule has 0 aliphatic rings. The van der Waals surface area contributed by atoms with E-state index in [1.165, 1.54) is 32.4 Å². The van der Waals surface area contributed by atoms with Gasteiger partial charge in [-0.3, -0.25) is 14.4 Å². The minimum absolute atomic E-state index is 0.0347. The van der Waals surface area contributed by atoms with Crippen LogP contribution >= 0.6 is 0 Å². The number of hydrogen-bond donors (Lipinski definition) is 5. The van der Waals surface area contributed by atoms with E-state index in [2.05, 4.69) is 21.3 Å². The van der Waals surface area contributed by atoms with Crippen LogP contribution in [-0.4, -0.2) is 55.7 Å². The van der Waals surface area contributed by atoms with Crippen molar-refractivity contribution in [3.05, 3.63) is 83.7 Å². The highest BCUT2D eigenvalue weighted by Crippen LogP contribution is 2.30. The number of carboxylic acids is 1. The SMILES string of the molecule is COc1ccc([C@@H](CNC(=O)[C@H](CC(C)C)NC(=O)Cc2ccc(NC(=O)Nc3ccccc3F)cc2)C(=O)O)cc1OC. The average molecular weight is 609 g/mol. The van der Waals surface area contributed by atoms with Gasteiger partial charge >= 0.3 is 12.0 Å². The van der Waals surface area contributed by atoms with Gasteiger partial charge in [0.15, 0.2) is 11.5 Å². The van der Waals surface area contributed by atoms with Crippen LogP contribution in [0.2, 0.25) is 0 Å². The summed E-state index contributed by atoms with van der Waals surface area (Å²) in [4.78, 5) is 50.2. The minimum Gasteiger partial charge on any atom is -0.493 e. The number of ether oxygens (including phenoxy) is 2. The first-order chi connectivity index (χ1) is 21.0. The van der Waals surface area contributed by atoms with Crippen LogP contribution in [0, 0.1) is 11.7 Å². The molecule has 0 aliphatic heterocycles. The summed E-state index contributed by atoms with van der Waals surface area (Å²) in [6.45, 7) is 3.61. The Kier molecular flexibility index (Phi) is 12.1. The number of rotatable bonds is 14. The Balaban J connectivity index is 1.58. The summed E-state index contributed by atoms with van der Waals surface area (Å²) in [5.41, 5.74) is 1.52. The first kappa shape index (κ1) is 33.4. The van der Waals surface area contributed by atoms with Crippen molar-refractivity contribution in [1.82, 2.24) is 10.6 Å². The molecule has 2 atom stereocenters. The second kappa shape index (κ2) is 15.9. The molecular formula is C32H37FN4O7. The average Bonchev–Trinajstić information content (AvgIpc) is 2.98. The standard InChI is InChI=1S/C32H37FN4O7/c1-19(2)15-26(30(39)34-18-23(31(40)41)21-11-14-27(43-3)28(17-21)44-4)36-29(38)16-20-9-12-22(13-10-20)35-32(42)37-25-8-6-5-7-24(25)33/h5-14,17,19,23,26H,15-16,18H2,1-4H3,(H,34,39)(H,36,38)(H,40,41)(H2,35,37,42)/t23-,26+/m1/s1. The van der Waals surface area contributed by atoms with Crippen molar-refractivity contribution in [3.8, 4) is 11.5 Å². The Morgan fingerprint density at radius 2 is 1.57 bits per heavy atom. The third kappa shape index (κ3) is 9.72. The minimum atomic E-state index is -1.13. The number of benzene rings is 3. The van der Waals surface area contributed by atoms with Gasteiger partial charge in [0.2, 0.25) is 11.8 Å². The van der Waals surface area contributed by atoms with E-state index in [1.807, 2.05) is 13.8 Å². The van der Waals surface area contributed by atoms with E-state index in [9.17, 15) is 28.7 Å². The largest absolute Gasteiger partial charge is 0.493 e. The van der Waals surface area contributed by atoms with Crippen molar-refractivity contribution in [2.24, 2.45) is 5.92 Å². The van der Waals surface area contributed by atoms with E-state index in [1.54, 1.807) is 48.5 Å². The number of hydrogen-bond acceptors (Lipinski definition) is 6. The van der Waals surface area contributed by atoms with Gasteiger partial charge in [-0.15, -0.1) is 0 Å². The van der Waals surface area contributed by atoms with E-state index in [-0.39, 0.29) is 24.6 Å². The molecule has 234 valence electrons. The summed E-state index contributed by atoms with van der Waals surface area (Å²) in [5, 5.41) is 20.3. The summed E-state index contributed by atoms with van der Waals surface area (Å²) in [7, 11) is 2.92. The molecule has 3 rings (SSSR count). The third-order valence-electron chi connectivity index (χ3n) is 6.65.